The summed E-state index contributed by atoms with van der Waals surface area (Å²) in [4.78, 5) is 13.3. The highest BCUT2D eigenvalue weighted by molar-refractivity contribution is 5.92. The molecule has 0 saturated heterocycles. The zero-order chi connectivity index (χ0) is 12.8. The molecule has 1 heterocycles. The lowest BCUT2D eigenvalue weighted by atomic mass is 10.2. The molecule has 0 aliphatic rings. The van der Waals surface area contributed by atoms with Crippen LogP contribution >= 0.6 is 0 Å². The minimum absolute atomic E-state index is 0.207. The number of aromatic amines is 1. The van der Waals surface area contributed by atoms with Crippen molar-refractivity contribution in [1.29, 1.82) is 0 Å². The zero-order valence-corrected chi connectivity index (χ0v) is 10.4. The van der Waals surface area contributed by atoms with Gasteiger partial charge >= 0.3 is 0 Å². The Morgan fingerprint density at radius 2 is 2.41 bits per heavy atom. The fourth-order valence-electron chi connectivity index (χ4n) is 1.49. The summed E-state index contributed by atoms with van der Waals surface area (Å²) in [6.45, 7) is 2.41. The smallest absolute Gasteiger partial charge is 0.274 e. The van der Waals surface area contributed by atoms with Crippen molar-refractivity contribution in [2.45, 2.75) is 19.4 Å². The SMILES string of the molecule is CCc1cc(C(=O)N(C)CC(O)COC)n[nH]1. The van der Waals surface area contributed by atoms with Crippen molar-refractivity contribution in [3.63, 3.8) is 0 Å². The minimum atomic E-state index is -0.682. The number of aliphatic hydroxyl groups is 1. The number of aromatic nitrogens is 2. The van der Waals surface area contributed by atoms with Crippen LogP contribution in [0.25, 0.3) is 0 Å². The molecule has 0 bridgehead atoms. The summed E-state index contributed by atoms with van der Waals surface area (Å²) < 4.78 is 4.80. The van der Waals surface area contributed by atoms with Crippen LogP contribution in [0.2, 0.25) is 0 Å². The first kappa shape index (κ1) is 13.7. The second kappa shape index (κ2) is 6.36. The Labute approximate surface area is 101 Å². The van der Waals surface area contributed by atoms with E-state index in [9.17, 15) is 9.90 Å². The average Bonchev–Trinajstić information content (AvgIpc) is 2.76. The van der Waals surface area contributed by atoms with Gasteiger partial charge in [0.15, 0.2) is 0 Å². The lowest BCUT2D eigenvalue weighted by Crippen LogP contribution is -2.36. The molecule has 17 heavy (non-hydrogen) atoms. The van der Waals surface area contributed by atoms with E-state index in [-0.39, 0.29) is 19.1 Å². The molecule has 0 radical (unpaired) electrons. The molecular weight excluding hydrogens is 222 g/mol. The van der Waals surface area contributed by atoms with Crippen molar-refractivity contribution in [2.75, 3.05) is 27.3 Å². The van der Waals surface area contributed by atoms with E-state index in [0.29, 0.717) is 5.69 Å². The molecule has 1 atom stereocenters. The lowest BCUT2D eigenvalue weighted by Gasteiger charge is -2.19. The summed E-state index contributed by atoms with van der Waals surface area (Å²) in [5.74, 6) is -0.212. The molecule has 0 spiro atoms. The van der Waals surface area contributed by atoms with Gasteiger partial charge in [0, 0.05) is 26.4 Å². The fourth-order valence-corrected chi connectivity index (χ4v) is 1.49. The highest BCUT2D eigenvalue weighted by atomic mass is 16.5. The van der Waals surface area contributed by atoms with Gasteiger partial charge in [-0.1, -0.05) is 6.92 Å². The molecule has 1 aromatic rings. The highest BCUT2D eigenvalue weighted by Gasteiger charge is 2.17. The van der Waals surface area contributed by atoms with E-state index >= 15 is 0 Å². The van der Waals surface area contributed by atoms with Gasteiger partial charge in [-0.25, -0.2) is 0 Å². The van der Waals surface area contributed by atoms with Crippen molar-refractivity contribution in [2.24, 2.45) is 0 Å². The Morgan fingerprint density at radius 1 is 1.71 bits per heavy atom. The van der Waals surface area contributed by atoms with Crippen LogP contribution in [-0.2, 0) is 11.2 Å². The number of amides is 1. The maximum atomic E-state index is 11.9. The monoisotopic (exact) mass is 241 g/mol. The third kappa shape index (κ3) is 3.83. The molecule has 96 valence electrons. The number of rotatable bonds is 6. The van der Waals surface area contributed by atoms with E-state index < -0.39 is 6.10 Å². The minimum Gasteiger partial charge on any atom is -0.389 e. The third-order valence-corrected chi connectivity index (χ3v) is 2.42. The van der Waals surface area contributed by atoms with Crippen molar-refractivity contribution >= 4 is 5.91 Å². The molecule has 0 aliphatic carbocycles. The van der Waals surface area contributed by atoms with Gasteiger partial charge in [0.2, 0.25) is 0 Å². The van der Waals surface area contributed by atoms with Gasteiger partial charge < -0.3 is 14.7 Å². The van der Waals surface area contributed by atoms with Gasteiger partial charge in [-0.05, 0) is 12.5 Å². The topological polar surface area (TPSA) is 78.5 Å². The summed E-state index contributed by atoms with van der Waals surface area (Å²) in [7, 11) is 3.13. The number of ether oxygens (including phenoxy) is 1. The molecule has 1 rings (SSSR count). The van der Waals surface area contributed by atoms with Crippen LogP contribution in [-0.4, -0.2) is 59.5 Å². The largest absolute Gasteiger partial charge is 0.389 e. The fraction of sp³-hybridized carbons (Fsp3) is 0.636. The normalized spacial score (nSPS) is 12.5. The predicted octanol–water partition coefficient (Wildman–Crippen LogP) is 0.0514. The van der Waals surface area contributed by atoms with E-state index in [2.05, 4.69) is 10.2 Å². The number of methoxy groups -OCH3 is 1. The average molecular weight is 241 g/mol. The van der Waals surface area contributed by atoms with E-state index in [1.54, 1.807) is 13.1 Å². The van der Waals surface area contributed by atoms with E-state index in [1.807, 2.05) is 6.92 Å². The van der Waals surface area contributed by atoms with E-state index in [1.165, 1.54) is 12.0 Å². The van der Waals surface area contributed by atoms with Crippen LogP contribution in [0.15, 0.2) is 6.07 Å². The number of hydrogen-bond acceptors (Lipinski definition) is 4. The first-order chi connectivity index (χ1) is 8.08. The first-order valence-electron chi connectivity index (χ1n) is 5.55. The second-order valence-electron chi connectivity index (χ2n) is 3.93. The van der Waals surface area contributed by atoms with Crippen LogP contribution in [0.3, 0.4) is 0 Å². The van der Waals surface area contributed by atoms with Crippen molar-refractivity contribution < 1.29 is 14.6 Å². The van der Waals surface area contributed by atoms with Crippen LogP contribution < -0.4 is 0 Å². The standard InChI is InChI=1S/C11H19N3O3/c1-4-8-5-10(13-12-8)11(16)14(2)6-9(15)7-17-3/h5,9,15H,4,6-7H2,1-3H3,(H,12,13). The van der Waals surface area contributed by atoms with Crippen molar-refractivity contribution in [1.82, 2.24) is 15.1 Å². The van der Waals surface area contributed by atoms with Crippen LogP contribution in [0.1, 0.15) is 23.1 Å². The zero-order valence-electron chi connectivity index (χ0n) is 10.4. The summed E-state index contributed by atoms with van der Waals surface area (Å²) in [6.07, 6.45) is 0.120. The van der Waals surface area contributed by atoms with Crippen molar-refractivity contribution in [3.8, 4) is 0 Å². The molecule has 6 nitrogen and oxygen atoms in total. The molecule has 0 aromatic carbocycles. The summed E-state index contributed by atoms with van der Waals surface area (Å²) in [5, 5.41) is 16.2. The molecule has 0 fully saturated rings. The maximum absolute atomic E-state index is 11.9. The Hall–Kier alpha value is -1.40. The number of nitrogens with zero attached hydrogens (tertiary/aromatic N) is 2. The van der Waals surface area contributed by atoms with Gasteiger partial charge in [0.25, 0.3) is 5.91 Å². The van der Waals surface area contributed by atoms with Gasteiger partial charge in [-0.15, -0.1) is 0 Å². The molecule has 0 saturated carbocycles. The number of carbonyl (C=O) groups excluding carboxylic acids is 1. The highest BCUT2D eigenvalue weighted by Crippen LogP contribution is 2.04. The molecular formula is C11H19N3O3. The van der Waals surface area contributed by atoms with Crippen molar-refractivity contribution in [3.05, 3.63) is 17.5 Å². The summed E-state index contributed by atoms with van der Waals surface area (Å²) in [6, 6.07) is 1.72. The third-order valence-electron chi connectivity index (χ3n) is 2.42. The summed E-state index contributed by atoms with van der Waals surface area (Å²) in [5.41, 5.74) is 1.29. The number of aryl methyl sites for hydroxylation is 1. The van der Waals surface area contributed by atoms with Gasteiger partial charge in [-0.2, -0.15) is 5.10 Å². The predicted molar refractivity (Wildman–Crippen MR) is 62.8 cm³/mol. The molecule has 6 heteroatoms. The summed E-state index contributed by atoms with van der Waals surface area (Å²) >= 11 is 0. The molecule has 1 unspecified atom stereocenters. The Kier molecular flexibility index (Phi) is 5.11. The molecule has 2 N–H and O–H groups in total. The molecule has 1 amide bonds. The van der Waals surface area contributed by atoms with E-state index in [4.69, 9.17) is 4.74 Å². The quantitative estimate of drug-likeness (QED) is 0.737. The number of aliphatic hydroxyl groups excluding tert-OH is 1. The Balaban J connectivity index is 2.57. The second-order valence-corrected chi connectivity index (χ2v) is 3.93. The number of H-pyrrole nitrogens is 1. The molecule has 0 aliphatic heterocycles. The lowest BCUT2D eigenvalue weighted by molar-refractivity contribution is 0.0378. The van der Waals surface area contributed by atoms with E-state index in [0.717, 1.165) is 12.1 Å². The Bertz CT molecular complexity index is 365. The van der Waals surface area contributed by atoms with Gasteiger partial charge in [0.1, 0.15) is 5.69 Å². The van der Waals surface area contributed by atoms with Crippen LogP contribution in [0.5, 0.6) is 0 Å². The number of carbonyl (C=O) groups is 1. The number of hydrogen-bond donors (Lipinski definition) is 2. The Morgan fingerprint density at radius 3 is 2.94 bits per heavy atom. The van der Waals surface area contributed by atoms with Gasteiger partial charge in [-0.3, -0.25) is 9.89 Å². The number of likely N-dealkylation sites (N-methyl/N-ethyl adjacent to an activating group) is 1. The van der Waals surface area contributed by atoms with Gasteiger partial charge in [0.05, 0.1) is 12.7 Å². The maximum Gasteiger partial charge on any atom is 0.274 e. The molecule has 1 aromatic heterocycles. The van der Waals surface area contributed by atoms with Crippen LogP contribution in [0.4, 0.5) is 0 Å². The van der Waals surface area contributed by atoms with Crippen LogP contribution in [0, 0.1) is 0 Å². The first-order valence-corrected chi connectivity index (χ1v) is 5.55. The number of nitrogens with one attached hydrogen (secondary N) is 1.